The number of hydrogen-bond donors (Lipinski definition) is 1. The lowest BCUT2D eigenvalue weighted by atomic mass is 9.71. The number of aliphatic hydroxyl groups excluding tert-OH is 1. The topological polar surface area (TPSA) is 103 Å². The Hall–Kier alpha value is -2.67. The van der Waals surface area contributed by atoms with Crippen LogP contribution in [0.3, 0.4) is 0 Å². The molecule has 0 bridgehead atoms. The average molecular weight is 338 g/mol. The van der Waals surface area contributed by atoms with Crippen LogP contribution in [0.4, 0.5) is 0 Å². The highest BCUT2D eigenvalue weighted by atomic mass is 35.5. The van der Waals surface area contributed by atoms with E-state index in [2.05, 4.69) is 9.72 Å². The molecule has 2 rings (SSSR count). The molecule has 23 heavy (non-hydrogen) atoms. The molecule has 0 fully saturated rings. The third-order valence-electron chi connectivity index (χ3n) is 3.42. The van der Waals surface area contributed by atoms with Crippen molar-refractivity contribution in [3.63, 3.8) is 0 Å². The van der Waals surface area contributed by atoms with E-state index < -0.39 is 34.5 Å². The summed E-state index contributed by atoms with van der Waals surface area (Å²) in [6.45, 7) is 0. The number of ketones is 1. The molecule has 0 saturated heterocycles. The number of carbonyl (C=O) groups excluding carboxylic acids is 3. The second-order valence-corrected chi connectivity index (χ2v) is 4.96. The number of hydrogen-bond acceptors (Lipinski definition) is 7. The van der Waals surface area contributed by atoms with E-state index in [-0.39, 0.29) is 10.6 Å². The van der Waals surface area contributed by atoms with E-state index in [4.69, 9.17) is 16.3 Å². The van der Waals surface area contributed by atoms with Crippen molar-refractivity contribution in [1.82, 2.24) is 4.98 Å². The Labute approximate surface area is 136 Å². The number of halogens is 1. The minimum atomic E-state index is -2.12. The van der Waals surface area contributed by atoms with Crippen molar-refractivity contribution in [3.8, 4) is 0 Å². The van der Waals surface area contributed by atoms with Gasteiger partial charge in [-0.3, -0.25) is 14.6 Å². The lowest BCUT2D eigenvalue weighted by molar-refractivity contribution is -0.149. The molecular formula is C15H12ClNO6. The van der Waals surface area contributed by atoms with Gasteiger partial charge in [-0.1, -0.05) is 17.7 Å². The number of aliphatic hydroxyl groups is 1. The van der Waals surface area contributed by atoms with Crippen molar-refractivity contribution < 1.29 is 29.0 Å². The van der Waals surface area contributed by atoms with Gasteiger partial charge < -0.3 is 14.6 Å². The van der Waals surface area contributed by atoms with Gasteiger partial charge in [-0.15, -0.1) is 0 Å². The third-order valence-corrected chi connectivity index (χ3v) is 3.81. The van der Waals surface area contributed by atoms with Gasteiger partial charge in [0.25, 0.3) is 0 Å². The van der Waals surface area contributed by atoms with Crippen LogP contribution in [0.1, 0.15) is 5.56 Å². The van der Waals surface area contributed by atoms with Gasteiger partial charge in [0.2, 0.25) is 5.78 Å². The summed E-state index contributed by atoms with van der Waals surface area (Å²) in [5, 5.41) is 9.56. The number of allylic oxidation sites excluding steroid dienone is 1. The molecule has 1 heterocycles. The first-order valence-corrected chi connectivity index (χ1v) is 6.72. The van der Waals surface area contributed by atoms with E-state index in [1.807, 2.05) is 0 Å². The predicted octanol–water partition coefficient (Wildman–Crippen LogP) is 1.18. The molecule has 1 unspecified atom stereocenters. The van der Waals surface area contributed by atoms with Crippen molar-refractivity contribution in [2.24, 2.45) is 0 Å². The van der Waals surface area contributed by atoms with Gasteiger partial charge in [0.15, 0.2) is 5.41 Å². The molecule has 0 aliphatic heterocycles. The fraction of sp³-hybridized carbons (Fsp3) is 0.200. The Balaban J connectivity index is 2.79. The smallest absolute Gasteiger partial charge is 0.345 e. The Kier molecular flexibility index (Phi) is 4.51. The van der Waals surface area contributed by atoms with Gasteiger partial charge in [0.05, 0.1) is 19.3 Å². The van der Waals surface area contributed by atoms with Crippen LogP contribution in [0.25, 0.3) is 0 Å². The van der Waals surface area contributed by atoms with Gasteiger partial charge >= 0.3 is 11.9 Å². The second-order valence-electron chi connectivity index (χ2n) is 4.56. The first kappa shape index (κ1) is 16.7. The second kappa shape index (κ2) is 6.21. The van der Waals surface area contributed by atoms with Gasteiger partial charge in [-0.2, -0.15) is 0 Å². The van der Waals surface area contributed by atoms with Crippen LogP contribution in [0, 0.1) is 0 Å². The summed E-state index contributed by atoms with van der Waals surface area (Å²) in [6, 6.07) is 2.93. The minimum Gasteiger partial charge on any atom is -0.507 e. The number of rotatable bonds is 3. The third kappa shape index (κ3) is 2.39. The Bertz CT molecular complexity index is 740. The number of pyridine rings is 1. The van der Waals surface area contributed by atoms with E-state index in [1.165, 1.54) is 24.5 Å². The molecule has 8 heteroatoms. The Morgan fingerprint density at radius 3 is 2.52 bits per heavy atom. The summed E-state index contributed by atoms with van der Waals surface area (Å²) in [6.07, 6.45) is 3.63. The zero-order valence-electron chi connectivity index (χ0n) is 12.2. The molecule has 1 aromatic heterocycles. The maximum atomic E-state index is 12.9. The van der Waals surface area contributed by atoms with E-state index in [0.717, 1.165) is 20.3 Å². The molecule has 0 saturated carbocycles. The minimum absolute atomic E-state index is 0.104. The zero-order valence-corrected chi connectivity index (χ0v) is 13.0. The first-order chi connectivity index (χ1) is 10.9. The Morgan fingerprint density at radius 2 is 2.00 bits per heavy atom. The number of aromatic nitrogens is 1. The van der Waals surface area contributed by atoms with Crippen LogP contribution in [0.5, 0.6) is 0 Å². The van der Waals surface area contributed by atoms with Crippen LogP contribution in [-0.2, 0) is 29.3 Å². The fourth-order valence-corrected chi connectivity index (χ4v) is 2.70. The molecule has 7 nitrogen and oxygen atoms in total. The molecule has 1 aliphatic rings. The van der Waals surface area contributed by atoms with Gasteiger partial charge in [0, 0.05) is 18.0 Å². The Morgan fingerprint density at radius 1 is 1.30 bits per heavy atom. The number of methoxy groups -OCH3 is 2. The number of Topliss-reactive ketones (excluding diaryl/α,β-unsaturated/α-hetero) is 1. The number of ether oxygens (including phenoxy) is 2. The molecule has 0 radical (unpaired) electrons. The van der Waals surface area contributed by atoms with Crippen molar-refractivity contribution in [2.45, 2.75) is 5.41 Å². The molecule has 1 aromatic rings. The molecule has 1 N–H and O–H groups in total. The number of nitrogens with zero attached hydrogens (tertiary/aromatic N) is 1. The fourth-order valence-electron chi connectivity index (χ4n) is 2.33. The van der Waals surface area contributed by atoms with E-state index in [1.54, 1.807) is 0 Å². The maximum Gasteiger partial charge on any atom is 0.345 e. The predicted molar refractivity (Wildman–Crippen MR) is 78.5 cm³/mol. The van der Waals surface area contributed by atoms with E-state index in [9.17, 15) is 19.5 Å². The van der Waals surface area contributed by atoms with Crippen LogP contribution < -0.4 is 0 Å². The summed E-state index contributed by atoms with van der Waals surface area (Å²) < 4.78 is 9.21. The van der Waals surface area contributed by atoms with Crippen molar-refractivity contribution >= 4 is 29.3 Å². The standard InChI is InChI=1S/C15H12ClNO6/c1-22-13(20)11-9(18)6-10(16)15(12(11)19,14(21)23-2)8-4-3-5-17-7-8/h3-7,18H,1-2H3. The zero-order chi connectivity index (χ0) is 17.2. The van der Waals surface area contributed by atoms with E-state index in [0.29, 0.717) is 0 Å². The highest BCUT2D eigenvalue weighted by molar-refractivity contribution is 6.42. The molecule has 1 aliphatic carbocycles. The van der Waals surface area contributed by atoms with Crippen LogP contribution >= 0.6 is 11.6 Å². The normalized spacial score (nSPS) is 20.8. The number of esters is 2. The lowest BCUT2D eigenvalue weighted by Crippen LogP contribution is -2.49. The van der Waals surface area contributed by atoms with Crippen LogP contribution in [0.2, 0.25) is 0 Å². The van der Waals surface area contributed by atoms with E-state index >= 15 is 0 Å². The summed E-state index contributed by atoms with van der Waals surface area (Å²) in [5.74, 6) is -3.83. The first-order valence-electron chi connectivity index (χ1n) is 6.34. The van der Waals surface area contributed by atoms with Crippen molar-refractivity contribution in [2.75, 3.05) is 14.2 Å². The van der Waals surface area contributed by atoms with Gasteiger partial charge in [0.1, 0.15) is 11.3 Å². The monoisotopic (exact) mass is 337 g/mol. The van der Waals surface area contributed by atoms with Gasteiger partial charge in [-0.05, 0) is 12.1 Å². The van der Waals surface area contributed by atoms with Crippen molar-refractivity contribution in [1.29, 1.82) is 0 Å². The van der Waals surface area contributed by atoms with Crippen LogP contribution in [-0.4, -0.2) is 42.0 Å². The molecular weight excluding hydrogens is 326 g/mol. The lowest BCUT2D eigenvalue weighted by Gasteiger charge is -2.32. The van der Waals surface area contributed by atoms with Crippen molar-refractivity contribution in [3.05, 3.63) is 52.5 Å². The highest BCUT2D eigenvalue weighted by Crippen LogP contribution is 2.42. The average Bonchev–Trinajstić information content (AvgIpc) is 2.55. The maximum absolute atomic E-state index is 12.9. The molecule has 0 amide bonds. The molecule has 1 atom stereocenters. The summed E-state index contributed by atoms with van der Waals surface area (Å²) in [7, 11) is 2.12. The summed E-state index contributed by atoms with van der Waals surface area (Å²) >= 11 is 6.12. The number of carbonyl (C=O) groups is 3. The highest BCUT2D eigenvalue weighted by Gasteiger charge is 2.56. The van der Waals surface area contributed by atoms with Crippen LogP contribution in [0.15, 0.2) is 47.0 Å². The molecule has 0 aromatic carbocycles. The molecule has 0 spiro atoms. The van der Waals surface area contributed by atoms with Gasteiger partial charge in [-0.25, -0.2) is 4.79 Å². The SMILES string of the molecule is COC(=O)C1=C(O)C=C(Cl)C(C(=O)OC)(c2cccnc2)C1=O. The summed E-state index contributed by atoms with van der Waals surface area (Å²) in [5.41, 5.74) is -2.71. The quantitative estimate of drug-likeness (QED) is 0.502. The molecule has 120 valence electrons. The largest absolute Gasteiger partial charge is 0.507 e. The summed E-state index contributed by atoms with van der Waals surface area (Å²) in [4.78, 5) is 41.0.